The number of amides is 2. The zero-order chi connectivity index (χ0) is 29.4. The number of piperazine rings is 1. The van der Waals surface area contributed by atoms with Crippen LogP contribution in [0.3, 0.4) is 0 Å². The van der Waals surface area contributed by atoms with Crippen molar-refractivity contribution < 1.29 is 23.5 Å². The quantitative estimate of drug-likeness (QED) is 0.400. The molecule has 40 heavy (non-hydrogen) atoms. The molecule has 0 saturated carbocycles. The zero-order valence-electron chi connectivity index (χ0n) is 23.7. The van der Waals surface area contributed by atoms with E-state index in [4.69, 9.17) is 32.7 Å². The fraction of sp³-hybridized carbons (Fsp3) is 0.517. The summed E-state index contributed by atoms with van der Waals surface area (Å²) in [6.45, 7) is 10.3. The van der Waals surface area contributed by atoms with Crippen LogP contribution in [0.25, 0.3) is 0 Å². The van der Waals surface area contributed by atoms with Crippen LogP contribution in [0.1, 0.15) is 38.8 Å². The van der Waals surface area contributed by atoms with Crippen molar-refractivity contribution >= 4 is 40.9 Å². The molecule has 1 aliphatic rings. The van der Waals surface area contributed by atoms with Crippen LogP contribution >= 0.6 is 23.2 Å². The Hall–Kier alpha value is -2.59. The molecule has 8 nitrogen and oxygen atoms in total. The molecule has 2 N–H and O–H groups in total. The first-order valence-electron chi connectivity index (χ1n) is 13.3. The number of carbonyl (C=O) groups is 2. The maximum absolute atomic E-state index is 14.1. The predicted octanol–water partition coefficient (Wildman–Crippen LogP) is 5.04. The number of hydrogen-bond donors (Lipinski definition) is 2. The first-order valence-corrected chi connectivity index (χ1v) is 14.1. The van der Waals surface area contributed by atoms with Crippen LogP contribution in [0.15, 0.2) is 36.4 Å². The molecule has 0 unspecified atom stereocenters. The van der Waals surface area contributed by atoms with Gasteiger partial charge < -0.3 is 29.9 Å². The lowest BCUT2D eigenvalue weighted by Gasteiger charge is -2.38. The molecule has 2 aromatic carbocycles. The van der Waals surface area contributed by atoms with E-state index in [0.29, 0.717) is 54.9 Å². The fourth-order valence-corrected chi connectivity index (χ4v) is 5.03. The molecular formula is C29H39Cl2FN4O4. The van der Waals surface area contributed by atoms with Crippen molar-refractivity contribution in [2.75, 3.05) is 44.8 Å². The number of halogens is 3. The standard InChI is InChI=1S/C29H39Cl2FN4O4/c1-19(18-39-5)33-17-21-14-23(32)8-9-26(21)35-10-12-36(13-11-35)27(37)25(34-28(38)40-29(2,3)4)15-20-6-7-22(30)16-24(20)31/h6-9,14,16,19,25,33H,10-13,15,17-18H2,1-5H3,(H,34,38)/t19-,25-/m1/s1. The summed E-state index contributed by atoms with van der Waals surface area (Å²) < 4.78 is 24.7. The van der Waals surface area contributed by atoms with Crippen molar-refractivity contribution in [3.63, 3.8) is 0 Å². The van der Waals surface area contributed by atoms with Gasteiger partial charge in [0, 0.05) is 68.0 Å². The molecule has 2 aromatic rings. The van der Waals surface area contributed by atoms with Gasteiger partial charge in [-0.2, -0.15) is 0 Å². The largest absolute Gasteiger partial charge is 0.444 e. The van der Waals surface area contributed by atoms with Gasteiger partial charge in [-0.3, -0.25) is 4.79 Å². The normalized spacial score (nSPS) is 15.5. The van der Waals surface area contributed by atoms with Crippen molar-refractivity contribution in [1.82, 2.24) is 15.5 Å². The summed E-state index contributed by atoms with van der Waals surface area (Å²) in [6, 6.07) is 9.05. The van der Waals surface area contributed by atoms with Gasteiger partial charge in [0.2, 0.25) is 5.91 Å². The Bertz CT molecular complexity index is 1170. The van der Waals surface area contributed by atoms with Crippen LogP contribution in [0.2, 0.25) is 10.0 Å². The Morgan fingerprint density at radius 1 is 1.05 bits per heavy atom. The number of nitrogens with zero attached hydrogens (tertiary/aromatic N) is 2. The summed E-state index contributed by atoms with van der Waals surface area (Å²) in [6.07, 6.45) is -0.498. The van der Waals surface area contributed by atoms with E-state index < -0.39 is 17.7 Å². The summed E-state index contributed by atoms with van der Waals surface area (Å²) in [5, 5.41) is 7.00. The van der Waals surface area contributed by atoms with Gasteiger partial charge in [0.25, 0.3) is 0 Å². The molecule has 0 bridgehead atoms. The topological polar surface area (TPSA) is 83.1 Å². The Balaban J connectivity index is 1.72. The van der Waals surface area contributed by atoms with Crippen molar-refractivity contribution in [3.05, 3.63) is 63.4 Å². The van der Waals surface area contributed by atoms with Gasteiger partial charge >= 0.3 is 6.09 Å². The smallest absolute Gasteiger partial charge is 0.408 e. The molecule has 1 heterocycles. The van der Waals surface area contributed by atoms with E-state index >= 15 is 0 Å². The van der Waals surface area contributed by atoms with Crippen LogP contribution in [0.5, 0.6) is 0 Å². The van der Waals surface area contributed by atoms with Crippen LogP contribution in [0, 0.1) is 5.82 Å². The third-order valence-corrected chi connectivity index (χ3v) is 7.05. The first kappa shape index (κ1) is 31.9. The fourth-order valence-electron chi connectivity index (χ4n) is 4.54. The summed E-state index contributed by atoms with van der Waals surface area (Å²) in [7, 11) is 1.64. The lowest BCUT2D eigenvalue weighted by atomic mass is 10.0. The van der Waals surface area contributed by atoms with Gasteiger partial charge in [-0.25, -0.2) is 9.18 Å². The third-order valence-electron chi connectivity index (χ3n) is 6.46. The lowest BCUT2D eigenvalue weighted by molar-refractivity contribution is -0.133. The highest BCUT2D eigenvalue weighted by atomic mass is 35.5. The number of rotatable bonds is 10. The molecule has 2 atom stereocenters. The molecular weight excluding hydrogens is 558 g/mol. The first-order chi connectivity index (χ1) is 18.9. The number of anilines is 1. The van der Waals surface area contributed by atoms with E-state index in [1.165, 1.54) is 12.1 Å². The van der Waals surface area contributed by atoms with Gasteiger partial charge in [0.15, 0.2) is 0 Å². The molecule has 1 aliphatic heterocycles. The lowest BCUT2D eigenvalue weighted by Crippen LogP contribution is -2.56. The second-order valence-electron chi connectivity index (χ2n) is 11.0. The Kier molecular flexibility index (Phi) is 11.5. The minimum absolute atomic E-state index is 0.110. The molecule has 220 valence electrons. The average Bonchev–Trinajstić information content (AvgIpc) is 2.87. The number of methoxy groups -OCH3 is 1. The van der Waals surface area contributed by atoms with Crippen molar-refractivity contribution in [2.45, 2.75) is 58.3 Å². The molecule has 11 heteroatoms. The molecule has 0 aliphatic carbocycles. The average molecular weight is 598 g/mol. The highest BCUT2D eigenvalue weighted by molar-refractivity contribution is 6.35. The number of alkyl carbamates (subject to hydrolysis) is 1. The van der Waals surface area contributed by atoms with Crippen molar-refractivity contribution in [2.24, 2.45) is 0 Å². The molecule has 3 rings (SSSR count). The van der Waals surface area contributed by atoms with Gasteiger partial charge in [-0.05, 0) is 69.2 Å². The second-order valence-corrected chi connectivity index (χ2v) is 11.8. The molecule has 0 spiro atoms. The van der Waals surface area contributed by atoms with Crippen molar-refractivity contribution in [3.8, 4) is 0 Å². The summed E-state index contributed by atoms with van der Waals surface area (Å²) >= 11 is 12.4. The minimum atomic E-state index is -0.882. The van der Waals surface area contributed by atoms with Crippen LogP contribution in [-0.2, 0) is 27.2 Å². The maximum Gasteiger partial charge on any atom is 0.408 e. The summed E-state index contributed by atoms with van der Waals surface area (Å²) in [4.78, 5) is 30.2. The molecule has 1 saturated heterocycles. The number of ether oxygens (including phenoxy) is 2. The second kappa shape index (κ2) is 14.3. The number of nitrogens with one attached hydrogen (secondary N) is 2. The van der Waals surface area contributed by atoms with Gasteiger partial charge in [-0.15, -0.1) is 0 Å². The number of carbonyl (C=O) groups excluding carboxylic acids is 2. The SMILES string of the molecule is COC[C@@H](C)NCc1cc(F)ccc1N1CCN(C(=O)[C@@H](Cc2ccc(Cl)cc2Cl)NC(=O)OC(C)(C)C)CC1. The zero-order valence-corrected chi connectivity index (χ0v) is 25.2. The summed E-state index contributed by atoms with van der Waals surface area (Å²) in [5.41, 5.74) is 1.72. The third kappa shape index (κ3) is 9.51. The van der Waals surface area contributed by atoms with E-state index in [1.807, 2.05) is 6.92 Å². The number of hydrogen-bond acceptors (Lipinski definition) is 6. The highest BCUT2D eigenvalue weighted by Crippen LogP contribution is 2.25. The van der Waals surface area contributed by atoms with Crippen LogP contribution < -0.4 is 15.5 Å². The van der Waals surface area contributed by atoms with Crippen molar-refractivity contribution in [1.29, 1.82) is 0 Å². The molecule has 0 aromatic heterocycles. The molecule has 1 fully saturated rings. The maximum atomic E-state index is 14.1. The van der Waals surface area contributed by atoms with Gasteiger partial charge in [-0.1, -0.05) is 29.3 Å². The Morgan fingerprint density at radius 3 is 2.38 bits per heavy atom. The molecule has 0 radical (unpaired) electrons. The Morgan fingerprint density at radius 2 is 1.75 bits per heavy atom. The monoisotopic (exact) mass is 596 g/mol. The predicted molar refractivity (Wildman–Crippen MR) is 157 cm³/mol. The van der Waals surface area contributed by atoms with E-state index in [1.54, 1.807) is 57.0 Å². The minimum Gasteiger partial charge on any atom is -0.444 e. The Labute approximate surface area is 246 Å². The van der Waals surface area contributed by atoms with Gasteiger partial charge in [0.1, 0.15) is 17.5 Å². The van der Waals surface area contributed by atoms with E-state index in [0.717, 1.165) is 11.3 Å². The number of benzene rings is 2. The van der Waals surface area contributed by atoms with Crippen LogP contribution in [-0.4, -0.2) is 74.5 Å². The molecule has 2 amide bonds. The van der Waals surface area contributed by atoms with Gasteiger partial charge in [0.05, 0.1) is 6.61 Å². The van der Waals surface area contributed by atoms with E-state index in [2.05, 4.69) is 15.5 Å². The van der Waals surface area contributed by atoms with E-state index in [-0.39, 0.29) is 24.2 Å². The van der Waals surface area contributed by atoms with E-state index in [9.17, 15) is 14.0 Å². The summed E-state index contributed by atoms with van der Waals surface area (Å²) in [5.74, 6) is -0.531. The highest BCUT2D eigenvalue weighted by Gasteiger charge is 2.31. The van der Waals surface area contributed by atoms with Crippen LogP contribution in [0.4, 0.5) is 14.9 Å².